The lowest BCUT2D eigenvalue weighted by Gasteiger charge is -2.11. The molecule has 1 heterocycles. The number of carbonyl (C=O) groups excluding carboxylic acids is 2. The van der Waals surface area contributed by atoms with Crippen molar-refractivity contribution < 1.29 is 19.2 Å². The van der Waals surface area contributed by atoms with Crippen LogP contribution in [0.15, 0.2) is 78.5 Å². The molecule has 1 aliphatic rings. The summed E-state index contributed by atoms with van der Waals surface area (Å²) in [6.45, 7) is 0.252. The van der Waals surface area contributed by atoms with Gasteiger partial charge in [-0.15, -0.1) is 0 Å². The molecule has 1 N–H and O–H groups in total. The summed E-state index contributed by atoms with van der Waals surface area (Å²) in [5, 5.41) is 13.7. The van der Waals surface area contributed by atoms with Gasteiger partial charge in [-0.3, -0.25) is 14.9 Å². The molecule has 160 valence electrons. The molecule has 1 aliphatic heterocycles. The first-order valence-corrected chi connectivity index (χ1v) is 9.87. The van der Waals surface area contributed by atoms with Gasteiger partial charge in [-0.2, -0.15) is 0 Å². The van der Waals surface area contributed by atoms with Gasteiger partial charge in [0, 0.05) is 17.2 Å². The predicted molar refractivity (Wildman–Crippen MR) is 119 cm³/mol. The summed E-state index contributed by atoms with van der Waals surface area (Å²) in [5.74, 6) is 0.114. The van der Waals surface area contributed by atoms with Crippen LogP contribution >= 0.6 is 11.6 Å². The second-order valence-electron chi connectivity index (χ2n) is 6.89. The van der Waals surface area contributed by atoms with Crippen molar-refractivity contribution in [2.45, 2.75) is 6.61 Å². The molecule has 1 saturated heterocycles. The number of rotatable bonds is 6. The van der Waals surface area contributed by atoms with Gasteiger partial charge in [0.05, 0.1) is 10.6 Å². The summed E-state index contributed by atoms with van der Waals surface area (Å²) in [5.41, 5.74) is 2.05. The van der Waals surface area contributed by atoms with Crippen molar-refractivity contribution in [2.75, 3.05) is 4.90 Å². The zero-order chi connectivity index (χ0) is 22.7. The molecule has 0 bridgehead atoms. The fraction of sp³-hybridized carbons (Fsp3) is 0.0435. The Bertz CT molecular complexity index is 1220. The van der Waals surface area contributed by atoms with Crippen LogP contribution in [-0.4, -0.2) is 16.9 Å². The van der Waals surface area contributed by atoms with Gasteiger partial charge < -0.3 is 10.1 Å². The van der Waals surface area contributed by atoms with E-state index in [1.807, 2.05) is 0 Å². The molecule has 0 aliphatic carbocycles. The van der Waals surface area contributed by atoms with Gasteiger partial charge in [0.25, 0.3) is 11.6 Å². The van der Waals surface area contributed by atoms with E-state index >= 15 is 0 Å². The predicted octanol–water partition coefficient (Wildman–Crippen LogP) is 4.92. The van der Waals surface area contributed by atoms with Crippen LogP contribution in [0.1, 0.15) is 11.1 Å². The fourth-order valence-corrected chi connectivity index (χ4v) is 3.28. The van der Waals surface area contributed by atoms with Crippen LogP contribution in [0.3, 0.4) is 0 Å². The van der Waals surface area contributed by atoms with Crippen LogP contribution in [0.5, 0.6) is 5.75 Å². The SMILES string of the molecule is O=C1N/C(=C/c2ccc(OCc3ccc([N+](=O)[O-])cc3)cc2)C(=O)N1c1cccc(Cl)c1. The van der Waals surface area contributed by atoms with Crippen LogP contribution < -0.4 is 15.0 Å². The van der Waals surface area contributed by atoms with Gasteiger partial charge in [-0.1, -0.05) is 29.8 Å². The molecule has 0 unspecified atom stereocenters. The highest BCUT2D eigenvalue weighted by Crippen LogP contribution is 2.25. The number of nitro groups is 1. The minimum atomic E-state index is -0.549. The summed E-state index contributed by atoms with van der Waals surface area (Å²) in [6.07, 6.45) is 1.57. The lowest BCUT2D eigenvalue weighted by molar-refractivity contribution is -0.384. The van der Waals surface area contributed by atoms with Crippen molar-refractivity contribution in [3.8, 4) is 5.75 Å². The second kappa shape index (κ2) is 8.91. The van der Waals surface area contributed by atoms with Crippen LogP contribution in [0, 0.1) is 10.1 Å². The van der Waals surface area contributed by atoms with Crippen LogP contribution in [0.4, 0.5) is 16.2 Å². The first kappa shape index (κ1) is 21.1. The van der Waals surface area contributed by atoms with Crippen molar-refractivity contribution in [2.24, 2.45) is 0 Å². The Morgan fingerprint density at radius 3 is 2.41 bits per heavy atom. The Balaban J connectivity index is 1.42. The molecular formula is C23H16ClN3O5. The van der Waals surface area contributed by atoms with Crippen molar-refractivity contribution in [1.29, 1.82) is 0 Å². The van der Waals surface area contributed by atoms with E-state index in [1.54, 1.807) is 66.7 Å². The van der Waals surface area contributed by atoms with Gasteiger partial charge >= 0.3 is 6.03 Å². The number of amides is 3. The number of hydrogen-bond donors (Lipinski definition) is 1. The standard InChI is InChI=1S/C23H16ClN3O5/c24-17-2-1-3-19(13-17)26-22(28)21(25-23(26)29)12-15-6-10-20(11-7-15)32-14-16-4-8-18(9-5-16)27(30)31/h1-13H,14H2,(H,25,29)/b21-12+. The zero-order valence-corrected chi connectivity index (χ0v) is 17.3. The zero-order valence-electron chi connectivity index (χ0n) is 16.5. The number of nitrogens with one attached hydrogen (secondary N) is 1. The molecule has 3 amide bonds. The number of hydrogen-bond acceptors (Lipinski definition) is 5. The van der Waals surface area contributed by atoms with E-state index in [0.717, 1.165) is 10.5 Å². The van der Waals surface area contributed by atoms with E-state index in [2.05, 4.69) is 5.32 Å². The number of benzene rings is 3. The highest BCUT2D eigenvalue weighted by atomic mass is 35.5. The third-order valence-corrected chi connectivity index (χ3v) is 4.92. The van der Waals surface area contributed by atoms with Gasteiger partial charge in [-0.05, 0) is 59.7 Å². The van der Waals surface area contributed by atoms with Crippen LogP contribution in [0.2, 0.25) is 5.02 Å². The quantitative estimate of drug-likeness (QED) is 0.249. The van der Waals surface area contributed by atoms with Crippen molar-refractivity contribution in [3.05, 3.63) is 105 Å². The molecule has 0 saturated carbocycles. The lowest BCUT2D eigenvalue weighted by Crippen LogP contribution is -2.30. The van der Waals surface area contributed by atoms with Crippen molar-refractivity contribution in [1.82, 2.24) is 5.32 Å². The number of non-ortho nitro benzene ring substituents is 1. The molecule has 3 aromatic carbocycles. The average Bonchev–Trinajstić information content (AvgIpc) is 3.06. The largest absolute Gasteiger partial charge is 0.489 e. The molecule has 0 radical (unpaired) electrons. The summed E-state index contributed by atoms with van der Waals surface area (Å²) < 4.78 is 5.69. The number of halogens is 1. The molecule has 0 spiro atoms. The second-order valence-corrected chi connectivity index (χ2v) is 7.33. The molecule has 32 heavy (non-hydrogen) atoms. The fourth-order valence-electron chi connectivity index (χ4n) is 3.09. The molecule has 3 aromatic rings. The van der Waals surface area contributed by atoms with E-state index in [9.17, 15) is 19.7 Å². The molecule has 1 fully saturated rings. The Kier molecular flexibility index (Phi) is 5.87. The van der Waals surface area contributed by atoms with E-state index in [4.69, 9.17) is 16.3 Å². The number of ether oxygens (including phenoxy) is 1. The number of carbonyl (C=O) groups is 2. The molecule has 4 rings (SSSR count). The van der Waals surface area contributed by atoms with E-state index < -0.39 is 16.9 Å². The summed E-state index contributed by atoms with van der Waals surface area (Å²) in [7, 11) is 0. The van der Waals surface area contributed by atoms with Gasteiger partial charge in [0.1, 0.15) is 18.1 Å². The summed E-state index contributed by atoms with van der Waals surface area (Å²) in [6, 6.07) is 19.0. The number of urea groups is 1. The minimum Gasteiger partial charge on any atom is -0.489 e. The topological polar surface area (TPSA) is 102 Å². The van der Waals surface area contributed by atoms with Crippen molar-refractivity contribution >= 4 is 41.0 Å². The first-order chi connectivity index (χ1) is 15.4. The maximum Gasteiger partial charge on any atom is 0.333 e. The normalized spacial score (nSPS) is 14.5. The van der Waals surface area contributed by atoms with Crippen LogP contribution in [0.25, 0.3) is 6.08 Å². The average molecular weight is 450 g/mol. The van der Waals surface area contributed by atoms with E-state index in [0.29, 0.717) is 22.0 Å². The summed E-state index contributed by atoms with van der Waals surface area (Å²) >= 11 is 5.96. The Morgan fingerprint density at radius 2 is 1.75 bits per heavy atom. The lowest BCUT2D eigenvalue weighted by atomic mass is 10.1. The highest BCUT2D eigenvalue weighted by Gasteiger charge is 2.34. The molecule has 0 atom stereocenters. The van der Waals surface area contributed by atoms with Gasteiger partial charge in [0.15, 0.2) is 0 Å². The molecular weight excluding hydrogens is 434 g/mol. The van der Waals surface area contributed by atoms with Crippen molar-refractivity contribution in [3.63, 3.8) is 0 Å². The highest BCUT2D eigenvalue weighted by molar-refractivity contribution is 6.32. The number of imide groups is 1. The van der Waals surface area contributed by atoms with Gasteiger partial charge in [-0.25, -0.2) is 9.69 Å². The Morgan fingerprint density at radius 1 is 1.03 bits per heavy atom. The maximum absolute atomic E-state index is 12.7. The molecule has 9 heteroatoms. The Labute approximate surface area is 187 Å². The van der Waals surface area contributed by atoms with Gasteiger partial charge in [0.2, 0.25) is 0 Å². The van der Waals surface area contributed by atoms with E-state index in [1.165, 1.54) is 12.1 Å². The molecule has 8 nitrogen and oxygen atoms in total. The number of nitro benzene ring substituents is 1. The minimum absolute atomic E-state index is 0.0219. The number of nitrogens with zero attached hydrogens (tertiary/aromatic N) is 2. The molecule has 0 aromatic heterocycles. The monoisotopic (exact) mass is 449 g/mol. The maximum atomic E-state index is 12.7. The smallest absolute Gasteiger partial charge is 0.333 e. The summed E-state index contributed by atoms with van der Waals surface area (Å²) in [4.78, 5) is 36.3. The van der Waals surface area contributed by atoms with E-state index in [-0.39, 0.29) is 18.0 Å². The third-order valence-electron chi connectivity index (χ3n) is 4.69. The van der Waals surface area contributed by atoms with Crippen LogP contribution in [-0.2, 0) is 11.4 Å². The first-order valence-electron chi connectivity index (χ1n) is 9.49. The number of anilines is 1. The third kappa shape index (κ3) is 4.60. The Hall–Kier alpha value is -4.17.